The van der Waals surface area contributed by atoms with E-state index in [1.54, 1.807) is 14.2 Å². The van der Waals surface area contributed by atoms with Gasteiger partial charge in [0.1, 0.15) is 5.75 Å². The molecule has 0 radical (unpaired) electrons. The topological polar surface area (TPSA) is 48.9 Å². The minimum Gasteiger partial charge on any atom is -0.497 e. The number of ether oxygens (including phenoxy) is 1. The smallest absolute Gasteiger partial charge is 0.191 e. The summed E-state index contributed by atoms with van der Waals surface area (Å²) in [6, 6.07) is 8.88. The number of nitrogens with zero attached hydrogens (tertiary/aromatic N) is 2. The number of methoxy groups -OCH3 is 1. The highest BCUT2D eigenvalue weighted by atomic mass is 127. The second-order valence-corrected chi connectivity index (χ2v) is 6.22. The van der Waals surface area contributed by atoms with Crippen LogP contribution >= 0.6 is 24.0 Å². The second kappa shape index (κ2) is 11.4. The van der Waals surface area contributed by atoms with Crippen LogP contribution in [0.15, 0.2) is 41.9 Å². The van der Waals surface area contributed by atoms with Gasteiger partial charge in [0, 0.05) is 26.2 Å². The molecule has 0 saturated carbocycles. The Morgan fingerprint density at radius 2 is 2.08 bits per heavy atom. The van der Waals surface area contributed by atoms with Gasteiger partial charge >= 0.3 is 0 Å². The fraction of sp³-hybridized carbons (Fsp3) is 0.526. The maximum atomic E-state index is 5.28. The van der Waals surface area contributed by atoms with Crippen molar-refractivity contribution < 1.29 is 4.74 Å². The van der Waals surface area contributed by atoms with Gasteiger partial charge in [0.2, 0.25) is 0 Å². The van der Waals surface area contributed by atoms with Gasteiger partial charge in [0.15, 0.2) is 5.96 Å². The van der Waals surface area contributed by atoms with Gasteiger partial charge in [-0.1, -0.05) is 18.2 Å². The molecule has 2 unspecified atom stereocenters. The monoisotopic (exact) mass is 458 g/mol. The summed E-state index contributed by atoms with van der Waals surface area (Å²) in [6.07, 6.45) is 4.28. The Balaban J connectivity index is 0.00000312. The predicted molar refractivity (Wildman–Crippen MR) is 116 cm³/mol. The average molecular weight is 458 g/mol. The Kier molecular flexibility index (Phi) is 9.89. The maximum absolute atomic E-state index is 5.28. The molecule has 2 rings (SSSR count). The number of guanidine groups is 1. The van der Waals surface area contributed by atoms with Crippen LogP contribution in [0.25, 0.3) is 0 Å². The van der Waals surface area contributed by atoms with Crippen molar-refractivity contribution in [1.82, 2.24) is 15.5 Å². The number of hydrogen-bond acceptors (Lipinski definition) is 3. The SMILES string of the molecule is C=CCNC(=NC)NCC1CCCN(C)C1c1ccc(OC)cc1.I. The molecule has 2 N–H and O–H groups in total. The Bertz CT molecular complexity index is 547. The standard InChI is InChI=1S/C19H30N4O.HI/c1-5-12-21-19(20-2)22-14-16-7-6-13-23(3)18(16)15-8-10-17(24-4)11-9-15;/h5,8-11,16,18H,1,6-7,12-14H2,2-4H3,(H2,20,21,22);1H. The summed E-state index contributed by atoms with van der Waals surface area (Å²) < 4.78 is 5.28. The molecular formula is C19H31IN4O. The highest BCUT2D eigenvalue weighted by Crippen LogP contribution is 2.35. The number of aliphatic imine (C=N–C) groups is 1. The lowest BCUT2D eigenvalue weighted by molar-refractivity contribution is 0.122. The zero-order valence-electron chi connectivity index (χ0n) is 15.5. The van der Waals surface area contributed by atoms with Crippen molar-refractivity contribution in [1.29, 1.82) is 0 Å². The first-order valence-electron chi connectivity index (χ1n) is 8.59. The summed E-state index contributed by atoms with van der Waals surface area (Å²) in [5.74, 6) is 2.27. The normalized spacial score (nSPS) is 21.2. The van der Waals surface area contributed by atoms with Crippen molar-refractivity contribution >= 4 is 29.9 Å². The molecule has 0 bridgehead atoms. The number of rotatable bonds is 6. The Morgan fingerprint density at radius 1 is 1.36 bits per heavy atom. The van der Waals surface area contributed by atoms with E-state index in [1.807, 2.05) is 18.2 Å². The summed E-state index contributed by atoms with van der Waals surface area (Å²) in [7, 11) is 5.72. The van der Waals surface area contributed by atoms with E-state index >= 15 is 0 Å². The van der Waals surface area contributed by atoms with E-state index in [2.05, 4.69) is 46.3 Å². The van der Waals surface area contributed by atoms with E-state index in [0.29, 0.717) is 18.5 Å². The Morgan fingerprint density at radius 3 is 2.68 bits per heavy atom. The molecule has 1 fully saturated rings. The van der Waals surface area contributed by atoms with Gasteiger partial charge in [0.25, 0.3) is 0 Å². The molecule has 25 heavy (non-hydrogen) atoms. The molecule has 1 aromatic carbocycles. The van der Waals surface area contributed by atoms with Gasteiger partial charge in [0.05, 0.1) is 7.11 Å². The first-order chi connectivity index (χ1) is 11.7. The first kappa shape index (κ1) is 21.8. The summed E-state index contributed by atoms with van der Waals surface area (Å²) in [6.45, 7) is 6.48. The van der Waals surface area contributed by atoms with Crippen LogP contribution in [0.2, 0.25) is 0 Å². The van der Waals surface area contributed by atoms with E-state index < -0.39 is 0 Å². The zero-order chi connectivity index (χ0) is 17.4. The van der Waals surface area contributed by atoms with E-state index in [0.717, 1.165) is 24.8 Å². The lowest BCUT2D eigenvalue weighted by Crippen LogP contribution is -2.45. The third kappa shape index (κ3) is 6.18. The molecule has 0 amide bonds. The van der Waals surface area contributed by atoms with Crippen LogP contribution in [0.5, 0.6) is 5.75 Å². The molecule has 1 saturated heterocycles. The van der Waals surface area contributed by atoms with E-state index in [1.165, 1.54) is 18.4 Å². The number of piperidine rings is 1. The van der Waals surface area contributed by atoms with Crippen molar-refractivity contribution in [3.8, 4) is 5.75 Å². The largest absolute Gasteiger partial charge is 0.497 e. The van der Waals surface area contributed by atoms with Crippen LogP contribution in [-0.2, 0) is 0 Å². The highest BCUT2D eigenvalue weighted by molar-refractivity contribution is 14.0. The van der Waals surface area contributed by atoms with Crippen molar-refractivity contribution in [3.05, 3.63) is 42.5 Å². The van der Waals surface area contributed by atoms with Crippen LogP contribution in [0.3, 0.4) is 0 Å². The van der Waals surface area contributed by atoms with Crippen LogP contribution in [-0.4, -0.2) is 51.7 Å². The number of halogens is 1. The van der Waals surface area contributed by atoms with Crippen LogP contribution < -0.4 is 15.4 Å². The van der Waals surface area contributed by atoms with Gasteiger partial charge in [-0.25, -0.2) is 0 Å². The summed E-state index contributed by atoms with van der Waals surface area (Å²) >= 11 is 0. The minimum atomic E-state index is 0. The second-order valence-electron chi connectivity index (χ2n) is 6.22. The maximum Gasteiger partial charge on any atom is 0.191 e. The third-order valence-corrected chi connectivity index (χ3v) is 4.63. The summed E-state index contributed by atoms with van der Waals surface area (Å²) in [4.78, 5) is 6.72. The van der Waals surface area contributed by atoms with Gasteiger partial charge in [-0.2, -0.15) is 0 Å². The molecule has 2 atom stereocenters. The number of nitrogens with one attached hydrogen (secondary N) is 2. The molecular weight excluding hydrogens is 427 g/mol. The molecule has 5 nitrogen and oxygen atoms in total. The van der Waals surface area contributed by atoms with E-state index in [4.69, 9.17) is 4.74 Å². The fourth-order valence-electron chi connectivity index (χ4n) is 3.42. The lowest BCUT2D eigenvalue weighted by Gasteiger charge is -2.40. The van der Waals surface area contributed by atoms with Crippen LogP contribution in [0.1, 0.15) is 24.4 Å². The molecule has 1 aromatic rings. The molecule has 6 heteroatoms. The summed E-state index contributed by atoms with van der Waals surface area (Å²) in [5.41, 5.74) is 1.35. The quantitative estimate of drug-likeness (QED) is 0.298. The van der Waals surface area contributed by atoms with Crippen molar-refractivity contribution in [2.24, 2.45) is 10.9 Å². The number of benzene rings is 1. The molecule has 0 spiro atoms. The molecule has 1 aliphatic rings. The van der Waals surface area contributed by atoms with Crippen LogP contribution in [0.4, 0.5) is 0 Å². The van der Waals surface area contributed by atoms with Gasteiger partial charge in [-0.15, -0.1) is 30.6 Å². The van der Waals surface area contributed by atoms with E-state index in [-0.39, 0.29) is 24.0 Å². The number of hydrogen-bond donors (Lipinski definition) is 2. The van der Waals surface area contributed by atoms with Gasteiger partial charge < -0.3 is 15.4 Å². The molecule has 140 valence electrons. The van der Waals surface area contributed by atoms with Gasteiger partial charge in [-0.05, 0) is 50.0 Å². The van der Waals surface area contributed by atoms with Crippen molar-refractivity contribution in [2.45, 2.75) is 18.9 Å². The zero-order valence-corrected chi connectivity index (χ0v) is 17.8. The summed E-state index contributed by atoms with van der Waals surface area (Å²) in [5, 5.41) is 6.69. The average Bonchev–Trinajstić information content (AvgIpc) is 2.62. The molecule has 1 heterocycles. The minimum absolute atomic E-state index is 0. The fourth-order valence-corrected chi connectivity index (χ4v) is 3.42. The molecule has 0 aliphatic carbocycles. The van der Waals surface area contributed by atoms with Crippen LogP contribution in [0, 0.1) is 5.92 Å². The predicted octanol–water partition coefficient (Wildman–Crippen LogP) is 3.05. The number of likely N-dealkylation sites (tertiary alicyclic amines) is 1. The van der Waals surface area contributed by atoms with Crippen molar-refractivity contribution in [3.63, 3.8) is 0 Å². The Hall–Kier alpha value is -1.28. The lowest BCUT2D eigenvalue weighted by atomic mass is 9.85. The van der Waals surface area contributed by atoms with E-state index in [9.17, 15) is 0 Å². The first-order valence-corrected chi connectivity index (χ1v) is 8.59. The Labute approximate surface area is 168 Å². The van der Waals surface area contributed by atoms with Gasteiger partial charge in [-0.3, -0.25) is 9.89 Å². The third-order valence-electron chi connectivity index (χ3n) is 4.63. The molecule has 0 aromatic heterocycles. The highest BCUT2D eigenvalue weighted by Gasteiger charge is 2.30. The molecule has 1 aliphatic heterocycles. The van der Waals surface area contributed by atoms with Crippen molar-refractivity contribution in [2.75, 3.05) is 40.8 Å².